The number of nitrogens with zero attached hydrogens (tertiary/aromatic N) is 1. The van der Waals surface area contributed by atoms with E-state index in [0.29, 0.717) is 0 Å². The molecule has 0 saturated heterocycles. The van der Waals surface area contributed by atoms with E-state index in [4.69, 9.17) is 22.4 Å². The van der Waals surface area contributed by atoms with Crippen molar-refractivity contribution in [2.45, 2.75) is 12.3 Å². The first kappa shape index (κ1) is 11.6. The Morgan fingerprint density at radius 2 is 2.27 bits per heavy atom. The molecule has 0 aromatic carbocycles. The molecule has 82 valence electrons. The largest absolute Gasteiger partial charge is 0.476 e. The number of nitrogens with two attached hydrogens (primary N) is 1. The molecule has 1 aromatic heterocycles. The number of carboxylic acid groups (broad SMARTS) is 1. The van der Waals surface area contributed by atoms with Crippen LogP contribution in [0.5, 0.6) is 0 Å². The van der Waals surface area contributed by atoms with Crippen LogP contribution in [0.3, 0.4) is 0 Å². The zero-order valence-electron chi connectivity index (χ0n) is 7.38. The molecule has 0 atom stereocenters. The molecule has 3 N–H and O–H groups in total. The highest BCUT2D eigenvalue weighted by Gasteiger charge is 2.19. The number of rotatable bonds is 3. The first-order valence-electron chi connectivity index (χ1n) is 3.84. The van der Waals surface area contributed by atoms with Gasteiger partial charge in [0.15, 0.2) is 5.69 Å². The Kier molecular flexibility index (Phi) is 3.41. The molecule has 1 heterocycles. The highest BCUT2D eigenvalue weighted by molar-refractivity contribution is 6.17. The van der Waals surface area contributed by atoms with Gasteiger partial charge in [0.25, 0.3) is 6.43 Å². The van der Waals surface area contributed by atoms with Crippen molar-refractivity contribution < 1.29 is 18.7 Å². The van der Waals surface area contributed by atoms with Crippen molar-refractivity contribution in [3.05, 3.63) is 23.0 Å². The second-order valence-corrected chi connectivity index (χ2v) is 2.97. The predicted molar refractivity (Wildman–Crippen MR) is 50.1 cm³/mol. The Morgan fingerprint density at radius 3 is 2.67 bits per heavy atom. The molecule has 15 heavy (non-hydrogen) atoms. The third-order valence-electron chi connectivity index (χ3n) is 1.73. The summed E-state index contributed by atoms with van der Waals surface area (Å²) < 4.78 is 24.9. The smallest absolute Gasteiger partial charge is 0.356 e. The topological polar surface area (TPSA) is 76.2 Å². The van der Waals surface area contributed by atoms with Gasteiger partial charge in [-0.3, -0.25) is 0 Å². The van der Waals surface area contributed by atoms with Crippen LogP contribution in [0.25, 0.3) is 0 Å². The van der Waals surface area contributed by atoms with Crippen molar-refractivity contribution in [3.8, 4) is 0 Å². The van der Waals surface area contributed by atoms with Crippen LogP contribution in [-0.2, 0) is 5.88 Å². The van der Waals surface area contributed by atoms with Gasteiger partial charge in [0, 0.05) is 5.56 Å². The van der Waals surface area contributed by atoms with Crippen LogP contribution in [0.4, 0.5) is 14.5 Å². The zero-order valence-corrected chi connectivity index (χ0v) is 8.13. The van der Waals surface area contributed by atoms with Gasteiger partial charge in [-0.25, -0.2) is 18.6 Å². The fourth-order valence-electron chi connectivity index (χ4n) is 1.05. The molecule has 1 aromatic rings. The van der Waals surface area contributed by atoms with Gasteiger partial charge < -0.3 is 10.8 Å². The molecule has 0 spiro atoms. The standard InChI is InChI=1S/C8H7ClF2N2O2/c9-2-5-3(7(10)11)1-4(12)6(13-5)8(14)15/h1,7H,2,12H2,(H,14,15). The Balaban J connectivity index is 3.35. The SMILES string of the molecule is Nc1cc(C(F)F)c(CCl)nc1C(=O)O. The monoisotopic (exact) mass is 236 g/mol. The van der Waals surface area contributed by atoms with Crippen LogP contribution in [0.15, 0.2) is 6.07 Å². The van der Waals surface area contributed by atoms with Crippen LogP contribution in [0.2, 0.25) is 0 Å². The summed E-state index contributed by atoms with van der Waals surface area (Å²) in [7, 11) is 0. The minimum Gasteiger partial charge on any atom is -0.476 e. The molecule has 0 fully saturated rings. The van der Waals surface area contributed by atoms with Crippen molar-refractivity contribution in [3.63, 3.8) is 0 Å². The molecule has 7 heteroatoms. The van der Waals surface area contributed by atoms with Crippen LogP contribution >= 0.6 is 11.6 Å². The van der Waals surface area contributed by atoms with Gasteiger partial charge >= 0.3 is 5.97 Å². The van der Waals surface area contributed by atoms with E-state index in [2.05, 4.69) is 4.98 Å². The minimum absolute atomic E-state index is 0.168. The maximum absolute atomic E-state index is 12.4. The van der Waals surface area contributed by atoms with E-state index in [1.165, 1.54) is 0 Å². The van der Waals surface area contributed by atoms with E-state index in [9.17, 15) is 13.6 Å². The van der Waals surface area contributed by atoms with Gasteiger partial charge in [-0.15, -0.1) is 11.6 Å². The number of aromatic nitrogens is 1. The van der Waals surface area contributed by atoms with Gasteiger partial charge in [-0.1, -0.05) is 0 Å². The van der Waals surface area contributed by atoms with Crippen molar-refractivity contribution in [2.75, 3.05) is 5.73 Å². The Hall–Kier alpha value is -1.43. The molecule has 0 radical (unpaired) electrons. The molecule has 1 rings (SSSR count). The van der Waals surface area contributed by atoms with Gasteiger partial charge in [0.05, 0.1) is 17.3 Å². The number of aromatic carboxylic acids is 1. The summed E-state index contributed by atoms with van der Waals surface area (Å²) in [6.07, 6.45) is -2.78. The lowest BCUT2D eigenvalue weighted by atomic mass is 10.1. The van der Waals surface area contributed by atoms with Crippen LogP contribution in [0, 0.1) is 0 Å². The molecule has 0 saturated carbocycles. The molecule has 0 bridgehead atoms. The summed E-state index contributed by atoms with van der Waals surface area (Å²) in [5, 5.41) is 8.64. The Morgan fingerprint density at radius 1 is 1.67 bits per heavy atom. The zero-order chi connectivity index (χ0) is 11.6. The Labute approximate surface area is 88.7 Å². The number of nitrogen functional groups attached to an aromatic ring is 1. The summed E-state index contributed by atoms with van der Waals surface area (Å²) in [6.45, 7) is 0. The summed E-state index contributed by atoms with van der Waals surface area (Å²) in [5.74, 6) is -1.67. The molecule has 0 aliphatic carbocycles. The third-order valence-corrected chi connectivity index (χ3v) is 1.98. The van der Waals surface area contributed by atoms with Crippen LogP contribution < -0.4 is 5.73 Å². The van der Waals surface area contributed by atoms with Gasteiger partial charge in [-0.2, -0.15) is 0 Å². The highest BCUT2D eigenvalue weighted by Crippen LogP contribution is 2.26. The highest BCUT2D eigenvalue weighted by atomic mass is 35.5. The van der Waals surface area contributed by atoms with Crippen LogP contribution in [-0.4, -0.2) is 16.1 Å². The van der Waals surface area contributed by atoms with Gasteiger partial charge in [0.2, 0.25) is 0 Å². The molecule has 0 unspecified atom stereocenters. The fourth-order valence-corrected chi connectivity index (χ4v) is 1.26. The molecule has 0 aliphatic rings. The summed E-state index contributed by atoms with van der Waals surface area (Å²) in [5.41, 5.74) is 3.90. The second kappa shape index (κ2) is 4.39. The van der Waals surface area contributed by atoms with E-state index in [0.717, 1.165) is 6.07 Å². The van der Waals surface area contributed by atoms with Crippen molar-refractivity contribution in [1.29, 1.82) is 0 Å². The average molecular weight is 237 g/mol. The average Bonchev–Trinajstić information content (AvgIpc) is 2.16. The lowest BCUT2D eigenvalue weighted by Gasteiger charge is -2.08. The van der Waals surface area contributed by atoms with E-state index in [1.54, 1.807) is 0 Å². The number of anilines is 1. The maximum Gasteiger partial charge on any atom is 0.356 e. The summed E-state index contributed by atoms with van der Waals surface area (Å²) in [6, 6.07) is 0.888. The Bertz CT molecular complexity index is 398. The first-order valence-corrected chi connectivity index (χ1v) is 4.37. The lowest BCUT2D eigenvalue weighted by molar-refractivity contribution is 0.0690. The maximum atomic E-state index is 12.4. The molecular weight excluding hydrogens is 230 g/mol. The van der Waals surface area contributed by atoms with Gasteiger partial charge in [0.1, 0.15) is 0 Å². The summed E-state index contributed by atoms with van der Waals surface area (Å²) in [4.78, 5) is 14.1. The van der Waals surface area contributed by atoms with Crippen LogP contribution in [0.1, 0.15) is 28.2 Å². The van der Waals surface area contributed by atoms with E-state index < -0.39 is 23.7 Å². The third kappa shape index (κ3) is 2.33. The molecule has 0 aliphatic heterocycles. The number of alkyl halides is 3. The molecule has 0 amide bonds. The first-order chi connectivity index (χ1) is 6.97. The second-order valence-electron chi connectivity index (χ2n) is 2.70. The van der Waals surface area contributed by atoms with E-state index >= 15 is 0 Å². The number of carboxylic acids is 1. The quantitative estimate of drug-likeness (QED) is 0.788. The minimum atomic E-state index is -2.78. The van der Waals surface area contributed by atoms with Gasteiger partial charge in [-0.05, 0) is 6.07 Å². The number of hydrogen-bond acceptors (Lipinski definition) is 3. The number of carbonyl (C=O) groups is 1. The number of halogens is 3. The van der Waals surface area contributed by atoms with Crippen molar-refractivity contribution >= 4 is 23.3 Å². The summed E-state index contributed by atoms with van der Waals surface area (Å²) >= 11 is 5.38. The lowest BCUT2D eigenvalue weighted by Crippen LogP contribution is -2.10. The van der Waals surface area contributed by atoms with E-state index in [-0.39, 0.29) is 17.3 Å². The molecule has 4 nitrogen and oxygen atoms in total. The number of hydrogen-bond donors (Lipinski definition) is 2. The predicted octanol–water partition coefficient (Wildman–Crippen LogP) is 2.04. The molecular formula is C8H7ClF2N2O2. The van der Waals surface area contributed by atoms with E-state index in [1.807, 2.05) is 0 Å². The normalized spacial score (nSPS) is 10.7. The van der Waals surface area contributed by atoms with Crippen molar-refractivity contribution in [1.82, 2.24) is 4.98 Å². The van der Waals surface area contributed by atoms with Crippen molar-refractivity contribution in [2.24, 2.45) is 0 Å². The number of pyridine rings is 1. The fraction of sp³-hybridized carbons (Fsp3) is 0.250.